The van der Waals surface area contributed by atoms with Crippen molar-refractivity contribution >= 4 is 23.2 Å². The third-order valence-electron chi connectivity index (χ3n) is 4.19. The van der Waals surface area contributed by atoms with Crippen molar-refractivity contribution in [2.24, 2.45) is 7.05 Å². The molecular weight excluding hydrogens is 310 g/mol. The summed E-state index contributed by atoms with van der Waals surface area (Å²) < 4.78 is 1.77. The number of amides is 1. The average Bonchev–Trinajstić information content (AvgIpc) is 2.87. The Balaban J connectivity index is 2.00. The van der Waals surface area contributed by atoms with E-state index in [1.807, 2.05) is 87.6 Å². The number of hydrogen-bond acceptors (Lipinski definition) is 2. The van der Waals surface area contributed by atoms with Gasteiger partial charge in [0.15, 0.2) is 0 Å². The second-order valence-electron chi connectivity index (χ2n) is 5.96. The summed E-state index contributed by atoms with van der Waals surface area (Å²) in [5, 5.41) is 7.39. The second-order valence-corrected chi connectivity index (χ2v) is 5.96. The lowest BCUT2D eigenvalue weighted by molar-refractivity contribution is -0.111. The van der Waals surface area contributed by atoms with Crippen LogP contribution in [0.1, 0.15) is 22.5 Å². The Hall–Kier alpha value is -3.14. The van der Waals surface area contributed by atoms with E-state index in [2.05, 4.69) is 10.4 Å². The molecule has 0 saturated carbocycles. The van der Waals surface area contributed by atoms with Crippen LogP contribution in [0.15, 0.2) is 60.7 Å². The number of nitrogens with zero attached hydrogens (tertiary/aromatic N) is 2. The maximum absolute atomic E-state index is 13.0. The van der Waals surface area contributed by atoms with Crippen LogP contribution < -0.4 is 5.32 Å². The minimum absolute atomic E-state index is 0.144. The van der Waals surface area contributed by atoms with Crippen LogP contribution in [0, 0.1) is 13.8 Å². The number of hydrogen-bond donors (Lipinski definition) is 1. The molecule has 25 heavy (non-hydrogen) atoms. The number of rotatable bonds is 4. The van der Waals surface area contributed by atoms with Crippen LogP contribution >= 0.6 is 0 Å². The minimum Gasteiger partial charge on any atom is -0.319 e. The third kappa shape index (κ3) is 3.69. The molecule has 3 aromatic rings. The molecular formula is C21H21N3O. The summed E-state index contributed by atoms with van der Waals surface area (Å²) in [5.74, 6) is -0.144. The Morgan fingerprint density at radius 1 is 1.00 bits per heavy atom. The molecule has 3 rings (SSSR count). The van der Waals surface area contributed by atoms with Crippen molar-refractivity contribution in [3.8, 4) is 0 Å². The summed E-state index contributed by atoms with van der Waals surface area (Å²) in [7, 11) is 1.87. The van der Waals surface area contributed by atoms with E-state index < -0.39 is 0 Å². The summed E-state index contributed by atoms with van der Waals surface area (Å²) in [5.41, 5.74) is 4.98. The second kappa shape index (κ2) is 7.18. The predicted octanol–water partition coefficient (Wildman–Crippen LogP) is 4.22. The lowest BCUT2D eigenvalue weighted by Crippen LogP contribution is -2.15. The van der Waals surface area contributed by atoms with Gasteiger partial charge in [-0.25, -0.2) is 0 Å². The zero-order valence-electron chi connectivity index (χ0n) is 14.7. The van der Waals surface area contributed by atoms with Gasteiger partial charge in [-0.05, 0) is 31.1 Å². The molecule has 0 aliphatic rings. The van der Waals surface area contributed by atoms with Crippen LogP contribution in [-0.4, -0.2) is 15.7 Å². The SMILES string of the molecule is Cc1nn(C)c(C)c1NC(=O)/C(=C\c1ccccc1)c1ccccc1. The van der Waals surface area contributed by atoms with Crippen LogP contribution in [0.25, 0.3) is 11.6 Å². The number of aryl methyl sites for hydroxylation is 2. The number of nitrogens with one attached hydrogen (secondary N) is 1. The Bertz CT molecular complexity index is 909. The molecule has 0 radical (unpaired) electrons. The molecule has 0 spiro atoms. The maximum Gasteiger partial charge on any atom is 0.256 e. The molecule has 4 nitrogen and oxygen atoms in total. The third-order valence-corrected chi connectivity index (χ3v) is 4.19. The zero-order chi connectivity index (χ0) is 17.8. The van der Waals surface area contributed by atoms with Crippen molar-refractivity contribution in [1.82, 2.24) is 9.78 Å². The first-order chi connectivity index (χ1) is 12.1. The van der Waals surface area contributed by atoms with Gasteiger partial charge in [-0.3, -0.25) is 9.48 Å². The molecule has 1 amide bonds. The molecule has 2 aromatic carbocycles. The summed E-state index contributed by atoms with van der Waals surface area (Å²) in [6.07, 6.45) is 1.91. The smallest absolute Gasteiger partial charge is 0.256 e. The topological polar surface area (TPSA) is 46.9 Å². The zero-order valence-corrected chi connectivity index (χ0v) is 14.7. The number of anilines is 1. The molecule has 1 N–H and O–H groups in total. The molecule has 0 aliphatic heterocycles. The molecule has 0 unspecified atom stereocenters. The first kappa shape index (κ1) is 16.7. The van der Waals surface area contributed by atoms with E-state index in [-0.39, 0.29) is 5.91 Å². The first-order valence-electron chi connectivity index (χ1n) is 8.20. The number of carbonyl (C=O) groups excluding carboxylic acids is 1. The molecule has 0 aliphatic carbocycles. The minimum atomic E-state index is -0.144. The normalized spacial score (nSPS) is 11.4. The summed E-state index contributed by atoms with van der Waals surface area (Å²) in [6.45, 7) is 3.84. The van der Waals surface area contributed by atoms with Crippen molar-refractivity contribution in [3.63, 3.8) is 0 Å². The highest BCUT2D eigenvalue weighted by Crippen LogP contribution is 2.23. The molecule has 0 bridgehead atoms. The fraction of sp³-hybridized carbons (Fsp3) is 0.143. The summed E-state index contributed by atoms with van der Waals surface area (Å²) in [4.78, 5) is 13.0. The van der Waals surface area contributed by atoms with Gasteiger partial charge in [-0.1, -0.05) is 60.7 Å². The predicted molar refractivity (Wildman–Crippen MR) is 102 cm³/mol. The molecule has 0 saturated heterocycles. The van der Waals surface area contributed by atoms with Crippen LogP contribution in [-0.2, 0) is 11.8 Å². The van der Waals surface area contributed by atoms with Crippen molar-refractivity contribution in [3.05, 3.63) is 83.2 Å². The Kier molecular flexibility index (Phi) is 4.80. The van der Waals surface area contributed by atoms with E-state index in [0.29, 0.717) is 5.57 Å². The van der Waals surface area contributed by atoms with Gasteiger partial charge in [-0.2, -0.15) is 5.10 Å². The fourth-order valence-electron chi connectivity index (χ4n) is 2.75. The fourth-order valence-corrected chi connectivity index (χ4v) is 2.75. The average molecular weight is 331 g/mol. The van der Waals surface area contributed by atoms with E-state index in [9.17, 15) is 4.79 Å². The molecule has 0 fully saturated rings. The number of aromatic nitrogens is 2. The maximum atomic E-state index is 13.0. The van der Waals surface area contributed by atoms with Gasteiger partial charge in [0.2, 0.25) is 0 Å². The molecule has 4 heteroatoms. The van der Waals surface area contributed by atoms with Gasteiger partial charge < -0.3 is 5.32 Å². The molecule has 126 valence electrons. The van der Waals surface area contributed by atoms with E-state index in [4.69, 9.17) is 0 Å². The highest BCUT2D eigenvalue weighted by atomic mass is 16.1. The number of carbonyl (C=O) groups is 1. The van der Waals surface area contributed by atoms with Crippen molar-refractivity contribution in [2.45, 2.75) is 13.8 Å². The van der Waals surface area contributed by atoms with Crippen LogP contribution in [0.3, 0.4) is 0 Å². The molecule has 1 heterocycles. The van der Waals surface area contributed by atoms with Crippen molar-refractivity contribution in [2.75, 3.05) is 5.32 Å². The monoisotopic (exact) mass is 331 g/mol. The Labute approximate surface area is 147 Å². The van der Waals surface area contributed by atoms with Crippen molar-refractivity contribution in [1.29, 1.82) is 0 Å². The summed E-state index contributed by atoms with van der Waals surface area (Å²) >= 11 is 0. The summed E-state index contributed by atoms with van der Waals surface area (Å²) in [6, 6.07) is 19.5. The van der Waals surface area contributed by atoms with Gasteiger partial charge in [0.25, 0.3) is 5.91 Å². The largest absolute Gasteiger partial charge is 0.319 e. The molecule has 0 atom stereocenters. The highest BCUT2D eigenvalue weighted by Gasteiger charge is 2.17. The van der Waals surface area contributed by atoms with E-state index in [1.165, 1.54) is 0 Å². The molecule has 1 aromatic heterocycles. The van der Waals surface area contributed by atoms with Gasteiger partial charge in [-0.15, -0.1) is 0 Å². The lowest BCUT2D eigenvalue weighted by atomic mass is 10.0. The van der Waals surface area contributed by atoms with Crippen LogP contribution in [0.2, 0.25) is 0 Å². The van der Waals surface area contributed by atoms with E-state index in [1.54, 1.807) is 4.68 Å². The quantitative estimate of drug-likeness (QED) is 0.575. The standard InChI is InChI=1S/C21H21N3O/c1-15-20(16(2)24(3)23-15)22-21(25)19(18-12-8-5-9-13-18)14-17-10-6-4-7-11-17/h4-14H,1-3H3,(H,22,25)/b19-14-. The van der Waals surface area contributed by atoms with E-state index >= 15 is 0 Å². The lowest BCUT2D eigenvalue weighted by Gasteiger charge is -2.10. The Morgan fingerprint density at radius 2 is 1.60 bits per heavy atom. The first-order valence-corrected chi connectivity index (χ1v) is 8.20. The van der Waals surface area contributed by atoms with Gasteiger partial charge in [0, 0.05) is 12.6 Å². The van der Waals surface area contributed by atoms with Crippen LogP contribution in [0.4, 0.5) is 5.69 Å². The number of benzene rings is 2. The van der Waals surface area contributed by atoms with Gasteiger partial charge in [0.05, 0.1) is 17.1 Å². The Morgan fingerprint density at radius 3 is 2.16 bits per heavy atom. The van der Waals surface area contributed by atoms with Gasteiger partial charge >= 0.3 is 0 Å². The van der Waals surface area contributed by atoms with Crippen LogP contribution in [0.5, 0.6) is 0 Å². The van der Waals surface area contributed by atoms with E-state index in [0.717, 1.165) is 28.2 Å². The highest BCUT2D eigenvalue weighted by molar-refractivity contribution is 6.29. The van der Waals surface area contributed by atoms with Crippen molar-refractivity contribution < 1.29 is 4.79 Å². The van der Waals surface area contributed by atoms with Gasteiger partial charge in [0.1, 0.15) is 0 Å².